The van der Waals surface area contributed by atoms with Gasteiger partial charge in [-0.3, -0.25) is 0 Å². The van der Waals surface area contributed by atoms with Gasteiger partial charge in [-0.1, -0.05) is 11.6 Å². The summed E-state index contributed by atoms with van der Waals surface area (Å²) in [6, 6.07) is 17.4. The van der Waals surface area contributed by atoms with Gasteiger partial charge in [0, 0.05) is 16.1 Å². The number of hydrogen-bond donors (Lipinski definition) is 1. The van der Waals surface area contributed by atoms with Crippen LogP contribution in [-0.2, 0) is 0 Å². The van der Waals surface area contributed by atoms with Crippen LogP contribution in [0.25, 0.3) is 16.6 Å². The summed E-state index contributed by atoms with van der Waals surface area (Å²) in [5, 5.41) is 9.19. The van der Waals surface area contributed by atoms with Gasteiger partial charge >= 0.3 is 0 Å². The summed E-state index contributed by atoms with van der Waals surface area (Å²) in [4.78, 5) is 0. The quantitative estimate of drug-likeness (QED) is 0.511. The van der Waals surface area contributed by atoms with Crippen LogP contribution < -0.4 is 5.32 Å². The minimum atomic E-state index is -0.323. The minimum absolute atomic E-state index is 0.314. The summed E-state index contributed by atoms with van der Waals surface area (Å²) in [7, 11) is 0. The molecule has 1 heterocycles. The van der Waals surface area contributed by atoms with Crippen LogP contribution in [0.15, 0.2) is 66.7 Å². The highest BCUT2D eigenvalue weighted by Crippen LogP contribution is 2.31. The first-order chi connectivity index (χ1) is 12.1. The van der Waals surface area contributed by atoms with E-state index in [1.165, 1.54) is 24.3 Å². The maximum Gasteiger partial charge on any atom is 0.142 e. The predicted molar refractivity (Wildman–Crippen MR) is 95.7 cm³/mol. The molecule has 1 aromatic heterocycles. The van der Waals surface area contributed by atoms with E-state index in [2.05, 4.69) is 10.4 Å². The van der Waals surface area contributed by atoms with Gasteiger partial charge in [0.1, 0.15) is 17.5 Å². The molecule has 0 unspecified atom stereocenters. The molecule has 0 aliphatic carbocycles. The van der Waals surface area contributed by atoms with E-state index in [1.54, 1.807) is 41.1 Å². The van der Waals surface area contributed by atoms with E-state index in [0.29, 0.717) is 22.2 Å². The average molecular weight is 356 g/mol. The number of nitrogens with one attached hydrogen (secondary N) is 1. The molecule has 0 saturated heterocycles. The molecule has 1 N–H and O–H groups in total. The Kier molecular flexibility index (Phi) is 3.86. The zero-order valence-electron chi connectivity index (χ0n) is 12.9. The molecule has 3 aromatic carbocycles. The molecule has 124 valence electrons. The van der Waals surface area contributed by atoms with Gasteiger partial charge in [-0.25, -0.2) is 13.5 Å². The van der Waals surface area contributed by atoms with Gasteiger partial charge in [0.2, 0.25) is 0 Å². The minimum Gasteiger partial charge on any atom is -0.340 e. The molecular weight excluding hydrogens is 344 g/mol. The lowest BCUT2D eigenvalue weighted by atomic mass is 10.2. The summed E-state index contributed by atoms with van der Waals surface area (Å²) in [6.07, 6.45) is 0. The maximum absolute atomic E-state index is 13.2. The average Bonchev–Trinajstić information content (AvgIpc) is 2.95. The first-order valence-electron chi connectivity index (χ1n) is 7.57. The van der Waals surface area contributed by atoms with Crippen LogP contribution in [0.3, 0.4) is 0 Å². The Bertz CT molecular complexity index is 1040. The summed E-state index contributed by atoms with van der Waals surface area (Å²) >= 11 is 6.13. The topological polar surface area (TPSA) is 29.9 Å². The summed E-state index contributed by atoms with van der Waals surface area (Å²) in [5.41, 5.74) is 2.13. The molecule has 0 radical (unpaired) electrons. The van der Waals surface area contributed by atoms with E-state index < -0.39 is 0 Å². The van der Waals surface area contributed by atoms with Crippen LogP contribution in [0, 0.1) is 11.6 Å². The first kappa shape index (κ1) is 15.6. The highest BCUT2D eigenvalue weighted by molar-refractivity contribution is 6.31. The molecule has 0 atom stereocenters. The van der Waals surface area contributed by atoms with Crippen LogP contribution in [-0.4, -0.2) is 9.78 Å². The predicted octanol–water partition coefficient (Wildman–Crippen LogP) is 5.70. The number of aromatic nitrogens is 2. The molecule has 0 aliphatic heterocycles. The van der Waals surface area contributed by atoms with Crippen LogP contribution >= 0.6 is 11.6 Å². The Hall–Kier alpha value is -2.92. The Morgan fingerprint density at radius 1 is 0.840 bits per heavy atom. The second-order valence-electron chi connectivity index (χ2n) is 5.53. The molecule has 0 fully saturated rings. The number of nitrogens with zero attached hydrogens (tertiary/aromatic N) is 2. The van der Waals surface area contributed by atoms with Gasteiger partial charge < -0.3 is 5.32 Å². The molecule has 0 bridgehead atoms. The van der Waals surface area contributed by atoms with Crippen molar-refractivity contribution < 1.29 is 8.78 Å². The van der Waals surface area contributed by atoms with Gasteiger partial charge in [-0.15, -0.1) is 0 Å². The largest absolute Gasteiger partial charge is 0.340 e. The van der Waals surface area contributed by atoms with Crippen LogP contribution in [0.1, 0.15) is 0 Å². The summed E-state index contributed by atoms with van der Waals surface area (Å²) < 4.78 is 28.1. The van der Waals surface area contributed by atoms with Crippen molar-refractivity contribution >= 4 is 34.0 Å². The van der Waals surface area contributed by atoms with Crippen molar-refractivity contribution in [2.45, 2.75) is 0 Å². The standard InChI is InChI=1S/C19H12ClF2N3/c20-12-1-10-18-17(11-12)19(23-15-6-2-13(21)3-7-15)25(24-18)16-8-4-14(22)5-9-16/h1-11,23H. The number of hydrogen-bond acceptors (Lipinski definition) is 2. The highest BCUT2D eigenvalue weighted by atomic mass is 35.5. The van der Waals surface area contributed by atoms with Crippen molar-refractivity contribution in [3.05, 3.63) is 83.4 Å². The molecule has 0 amide bonds. The summed E-state index contributed by atoms with van der Waals surface area (Å²) in [5.74, 6) is 0.0257. The molecule has 4 rings (SSSR count). The number of halogens is 3. The van der Waals surface area contributed by atoms with E-state index in [4.69, 9.17) is 11.6 Å². The van der Waals surface area contributed by atoms with E-state index in [1.807, 2.05) is 6.07 Å². The lowest BCUT2D eigenvalue weighted by molar-refractivity contribution is 0.627. The zero-order chi connectivity index (χ0) is 17.4. The third-order valence-corrected chi connectivity index (χ3v) is 4.05. The third-order valence-electron chi connectivity index (χ3n) is 3.81. The van der Waals surface area contributed by atoms with Gasteiger partial charge in [-0.05, 0) is 66.7 Å². The molecular formula is C19H12ClF2N3. The van der Waals surface area contributed by atoms with E-state index >= 15 is 0 Å². The number of anilines is 2. The fraction of sp³-hybridized carbons (Fsp3) is 0. The number of fused-ring (bicyclic) bond motifs is 1. The Morgan fingerprint density at radius 3 is 2.16 bits per heavy atom. The maximum atomic E-state index is 13.2. The Labute approximate surface area is 147 Å². The van der Waals surface area contributed by atoms with Gasteiger partial charge in [-0.2, -0.15) is 5.10 Å². The molecule has 3 nitrogen and oxygen atoms in total. The molecule has 25 heavy (non-hydrogen) atoms. The zero-order valence-corrected chi connectivity index (χ0v) is 13.6. The smallest absolute Gasteiger partial charge is 0.142 e. The second-order valence-corrected chi connectivity index (χ2v) is 5.97. The monoisotopic (exact) mass is 355 g/mol. The van der Waals surface area contributed by atoms with E-state index in [-0.39, 0.29) is 11.6 Å². The van der Waals surface area contributed by atoms with Gasteiger partial charge in [0.15, 0.2) is 0 Å². The molecule has 0 aliphatic rings. The molecule has 6 heteroatoms. The summed E-state index contributed by atoms with van der Waals surface area (Å²) in [6.45, 7) is 0. The molecule has 0 saturated carbocycles. The van der Waals surface area contributed by atoms with E-state index in [9.17, 15) is 8.78 Å². The normalized spacial score (nSPS) is 11.0. The molecule has 4 aromatic rings. The second kappa shape index (κ2) is 6.18. The fourth-order valence-corrected chi connectivity index (χ4v) is 2.79. The number of rotatable bonds is 3. The van der Waals surface area contributed by atoms with Crippen molar-refractivity contribution in [3.63, 3.8) is 0 Å². The third kappa shape index (κ3) is 3.06. The van der Waals surface area contributed by atoms with Gasteiger partial charge in [0.25, 0.3) is 0 Å². The SMILES string of the molecule is Fc1ccc(Nc2c3cc(Cl)ccc3nn2-c2ccc(F)cc2)cc1. The van der Waals surface area contributed by atoms with E-state index in [0.717, 1.165) is 10.9 Å². The van der Waals surface area contributed by atoms with Crippen molar-refractivity contribution in [2.24, 2.45) is 0 Å². The fourth-order valence-electron chi connectivity index (χ4n) is 2.62. The van der Waals surface area contributed by atoms with Crippen LogP contribution in [0.4, 0.5) is 20.3 Å². The lowest BCUT2D eigenvalue weighted by Crippen LogP contribution is -2.02. The van der Waals surface area contributed by atoms with Crippen molar-refractivity contribution in [3.8, 4) is 5.69 Å². The Morgan fingerprint density at radius 2 is 1.48 bits per heavy atom. The first-order valence-corrected chi connectivity index (χ1v) is 7.95. The van der Waals surface area contributed by atoms with Crippen molar-refractivity contribution in [1.29, 1.82) is 0 Å². The van der Waals surface area contributed by atoms with Crippen molar-refractivity contribution in [1.82, 2.24) is 9.78 Å². The lowest BCUT2D eigenvalue weighted by Gasteiger charge is -2.10. The van der Waals surface area contributed by atoms with Crippen molar-refractivity contribution in [2.75, 3.05) is 5.32 Å². The highest BCUT2D eigenvalue weighted by Gasteiger charge is 2.14. The van der Waals surface area contributed by atoms with Crippen LogP contribution in [0.5, 0.6) is 0 Å². The number of benzene rings is 3. The van der Waals surface area contributed by atoms with Crippen LogP contribution in [0.2, 0.25) is 5.02 Å². The Balaban J connectivity index is 1.89. The molecule has 0 spiro atoms. The van der Waals surface area contributed by atoms with Gasteiger partial charge in [0.05, 0.1) is 11.2 Å².